The molecule has 0 aliphatic carbocycles. The highest BCUT2D eigenvalue weighted by Gasteiger charge is 2.45. The third-order valence-electron chi connectivity index (χ3n) is 3.30. The quantitative estimate of drug-likeness (QED) is 0.847. The number of nitrogens with zero attached hydrogens (tertiary/aromatic N) is 2. The van der Waals surface area contributed by atoms with Crippen molar-refractivity contribution in [1.82, 2.24) is 4.90 Å². The summed E-state index contributed by atoms with van der Waals surface area (Å²) in [5, 5.41) is 11.4. The van der Waals surface area contributed by atoms with Gasteiger partial charge < -0.3 is 5.32 Å². The molecule has 0 aromatic heterocycles. The fourth-order valence-electron chi connectivity index (χ4n) is 2.20. The van der Waals surface area contributed by atoms with Gasteiger partial charge in [-0.3, -0.25) is 19.3 Å². The highest BCUT2D eigenvalue weighted by molar-refractivity contribution is 6.08. The Labute approximate surface area is 122 Å². The van der Waals surface area contributed by atoms with Gasteiger partial charge in [0.2, 0.25) is 17.7 Å². The lowest BCUT2D eigenvalue weighted by Crippen LogP contribution is -2.39. The molecule has 0 atom stereocenters. The van der Waals surface area contributed by atoms with Crippen LogP contribution in [0, 0.1) is 16.7 Å². The number of imide groups is 1. The molecule has 1 aliphatic heterocycles. The Morgan fingerprint density at radius 3 is 2.71 bits per heavy atom. The number of carbonyl (C=O) groups excluding carboxylic acids is 3. The molecule has 0 radical (unpaired) electrons. The van der Waals surface area contributed by atoms with Crippen LogP contribution in [0.15, 0.2) is 24.3 Å². The minimum atomic E-state index is -0.752. The highest BCUT2D eigenvalue weighted by atomic mass is 16.2. The van der Waals surface area contributed by atoms with Gasteiger partial charge in [-0.15, -0.1) is 0 Å². The van der Waals surface area contributed by atoms with Gasteiger partial charge in [0.25, 0.3) is 0 Å². The van der Waals surface area contributed by atoms with Crippen LogP contribution >= 0.6 is 0 Å². The summed E-state index contributed by atoms with van der Waals surface area (Å²) < 4.78 is 0. The fraction of sp³-hybridized carbons (Fsp3) is 0.333. The number of carbonyl (C=O) groups is 3. The van der Waals surface area contributed by atoms with Gasteiger partial charge >= 0.3 is 0 Å². The van der Waals surface area contributed by atoms with E-state index in [9.17, 15) is 14.4 Å². The summed E-state index contributed by atoms with van der Waals surface area (Å²) in [6, 6.07) is 8.39. The molecule has 108 valence electrons. The average Bonchev–Trinajstić information content (AvgIpc) is 2.61. The van der Waals surface area contributed by atoms with Gasteiger partial charge in [-0.05, 0) is 18.2 Å². The van der Waals surface area contributed by atoms with E-state index in [1.165, 1.54) is 6.07 Å². The van der Waals surface area contributed by atoms with Crippen molar-refractivity contribution in [2.24, 2.45) is 5.41 Å². The second kappa shape index (κ2) is 5.37. The maximum Gasteiger partial charge on any atom is 0.244 e. The maximum absolute atomic E-state index is 12.0. The van der Waals surface area contributed by atoms with Crippen molar-refractivity contribution in [3.8, 4) is 6.07 Å². The number of likely N-dealkylation sites (tertiary alicyclic amines) is 1. The van der Waals surface area contributed by atoms with Crippen molar-refractivity contribution in [3.05, 3.63) is 29.8 Å². The van der Waals surface area contributed by atoms with Crippen molar-refractivity contribution < 1.29 is 14.4 Å². The van der Waals surface area contributed by atoms with Gasteiger partial charge in [-0.2, -0.15) is 5.26 Å². The predicted molar refractivity (Wildman–Crippen MR) is 74.9 cm³/mol. The maximum atomic E-state index is 12.0. The molecule has 0 spiro atoms. The Morgan fingerprint density at radius 1 is 1.43 bits per heavy atom. The van der Waals surface area contributed by atoms with Crippen molar-refractivity contribution >= 4 is 23.4 Å². The van der Waals surface area contributed by atoms with E-state index in [0.717, 1.165) is 4.90 Å². The van der Waals surface area contributed by atoms with Gasteiger partial charge in [0.15, 0.2) is 0 Å². The summed E-state index contributed by atoms with van der Waals surface area (Å²) in [5.41, 5.74) is 0.123. The molecular weight excluding hydrogens is 270 g/mol. The summed E-state index contributed by atoms with van der Waals surface area (Å²) >= 11 is 0. The molecule has 1 N–H and O–H groups in total. The summed E-state index contributed by atoms with van der Waals surface area (Å²) in [5.74, 6) is -1.15. The van der Waals surface area contributed by atoms with Crippen LogP contribution < -0.4 is 5.32 Å². The number of hydrogen-bond acceptors (Lipinski definition) is 4. The Hall–Kier alpha value is -2.68. The van der Waals surface area contributed by atoms with E-state index in [2.05, 4.69) is 5.32 Å². The number of nitrogens with one attached hydrogen (secondary N) is 1. The molecule has 0 saturated carbocycles. The smallest absolute Gasteiger partial charge is 0.244 e. The first kappa shape index (κ1) is 14.7. The van der Waals surface area contributed by atoms with Gasteiger partial charge in [0.1, 0.15) is 6.54 Å². The third-order valence-corrected chi connectivity index (χ3v) is 3.30. The first-order valence-electron chi connectivity index (χ1n) is 6.48. The van der Waals surface area contributed by atoms with Crippen LogP contribution in [0.3, 0.4) is 0 Å². The van der Waals surface area contributed by atoms with Crippen LogP contribution in [0.5, 0.6) is 0 Å². The molecule has 1 aromatic carbocycles. The van der Waals surface area contributed by atoms with Crippen molar-refractivity contribution in [1.29, 1.82) is 5.26 Å². The van der Waals surface area contributed by atoms with Crippen LogP contribution in [-0.4, -0.2) is 29.2 Å². The predicted octanol–water partition coefficient (Wildman–Crippen LogP) is 1.28. The summed E-state index contributed by atoms with van der Waals surface area (Å²) in [6.45, 7) is 3.06. The minimum Gasteiger partial charge on any atom is -0.324 e. The second-order valence-corrected chi connectivity index (χ2v) is 5.59. The SMILES string of the molecule is CC1(C)CC(=O)N(CC(=O)Nc2cccc(C#N)c2)C1=O. The van der Waals surface area contributed by atoms with Gasteiger partial charge in [-0.25, -0.2) is 0 Å². The lowest BCUT2D eigenvalue weighted by atomic mass is 9.92. The number of amides is 3. The first-order valence-corrected chi connectivity index (χ1v) is 6.48. The average molecular weight is 285 g/mol. The van der Waals surface area contributed by atoms with Crippen LogP contribution in [0.1, 0.15) is 25.8 Å². The van der Waals surface area contributed by atoms with Crippen molar-refractivity contribution in [2.45, 2.75) is 20.3 Å². The summed E-state index contributed by atoms with van der Waals surface area (Å²) in [4.78, 5) is 36.7. The normalized spacial score (nSPS) is 16.7. The zero-order valence-corrected chi connectivity index (χ0v) is 11.8. The summed E-state index contributed by atoms with van der Waals surface area (Å²) in [7, 11) is 0. The zero-order chi connectivity index (χ0) is 15.6. The third kappa shape index (κ3) is 3.08. The number of nitriles is 1. The molecule has 1 saturated heterocycles. The fourth-order valence-corrected chi connectivity index (χ4v) is 2.20. The number of hydrogen-bond donors (Lipinski definition) is 1. The second-order valence-electron chi connectivity index (χ2n) is 5.59. The van der Waals surface area contributed by atoms with E-state index in [4.69, 9.17) is 5.26 Å². The molecule has 6 heteroatoms. The Kier molecular flexibility index (Phi) is 3.76. The highest BCUT2D eigenvalue weighted by Crippen LogP contribution is 2.31. The first-order chi connectivity index (χ1) is 9.83. The topological polar surface area (TPSA) is 90.3 Å². The largest absolute Gasteiger partial charge is 0.324 e. The van der Waals surface area contributed by atoms with E-state index in [-0.39, 0.29) is 24.8 Å². The monoisotopic (exact) mass is 285 g/mol. The van der Waals surface area contributed by atoms with E-state index >= 15 is 0 Å². The molecule has 1 aromatic rings. The van der Waals surface area contributed by atoms with Crippen LogP contribution in [-0.2, 0) is 14.4 Å². The molecule has 2 rings (SSSR count). The molecule has 0 bridgehead atoms. The Morgan fingerprint density at radius 2 is 2.14 bits per heavy atom. The molecular formula is C15H15N3O3. The number of benzene rings is 1. The van der Waals surface area contributed by atoms with Crippen molar-refractivity contribution in [3.63, 3.8) is 0 Å². The van der Waals surface area contributed by atoms with Gasteiger partial charge in [-0.1, -0.05) is 19.9 Å². The lowest BCUT2D eigenvalue weighted by Gasteiger charge is -2.17. The van der Waals surface area contributed by atoms with Crippen LogP contribution in [0.25, 0.3) is 0 Å². The Bertz CT molecular complexity index is 658. The summed E-state index contributed by atoms with van der Waals surface area (Å²) in [6.07, 6.45) is 0.114. The van der Waals surface area contributed by atoms with Crippen LogP contribution in [0.2, 0.25) is 0 Å². The Balaban J connectivity index is 2.04. The molecule has 1 fully saturated rings. The standard InChI is InChI=1S/C15H15N3O3/c1-15(2)7-13(20)18(14(15)21)9-12(19)17-11-5-3-4-10(6-11)8-16/h3-6H,7,9H2,1-2H3,(H,17,19). The molecule has 0 unspecified atom stereocenters. The van der Waals surface area contributed by atoms with Crippen LogP contribution in [0.4, 0.5) is 5.69 Å². The number of rotatable bonds is 3. The van der Waals surface area contributed by atoms with Gasteiger partial charge in [0, 0.05) is 12.1 Å². The molecule has 21 heavy (non-hydrogen) atoms. The van der Waals surface area contributed by atoms with Gasteiger partial charge in [0.05, 0.1) is 17.0 Å². The van der Waals surface area contributed by atoms with E-state index in [1.807, 2.05) is 6.07 Å². The van der Waals surface area contributed by atoms with E-state index in [1.54, 1.807) is 32.0 Å². The van der Waals surface area contributed by atoms with Crippen molar-refractivity contribution in [2.75, 3.05) is 11.9 Å². The molecule has 1 aliphatic rings. The van der Waals surface area contributed by atoms with E-state index < -0.39 is 11.3 Å². The molecule has 6 nitrogen and oxygen atoms in total. The molecule has 1 heterocycles. The minimum absolute atomic E-state index is 0.114. The zero-order valence-electron chi connectivity index (χ0n) is 11.8. The van der Waals surface area contributed by atoms with E-state index in [0.29, 0.717) is 11.3 Å². The number of anilines is 1. The molecule has 3 amide bonds. The lowest BCUT2D eigenvalue weighted by molar-refractivity contribution is -0.143.